The van der Waals surface area contributed by atoms with Gasteiger partial charge in [0.15, 0.2) is 0 Å². The van der Waals surface area contributed by atoms with Crippen molar-refractivity contribution >= 4 is 11.7 Å². The molecule has 0 fully saturated rings. The van der Waals surface area contributed by atoms with E-state index in [0.29, 0.717) is 13.1 Å². The van der Waals surface area contributed by atoms with Gasteiger partial charge in [0, 0.05) is 20.1 Å². The number of urea groups is 1. The molecule has 1 aromatic carbocycles. The fourth-order valence-electron chi connectivity index (χ4n) is 1.15. The van der Waals surface area contributed by atoms with E-state index in [1.807, 2.05) is 7.05 Å². The van der Waals surface area contributed by atoms with Gasteiger partial charge in [-0.3, -0.25) is 0 Å². The molecule has 1 aromatic rings. The largest absolute Gasteiger partial charge is 0.326 e. The summed E-state index contributed by atoms with van der Waals surface area (Å²) in [5, 5.41) is 5.44. The molecule has 0 spiro atoms. The van der Waals surface area contributed by atoms with Crippen LogP contribution in [0.4, 0.5) is 14.9 Å². The van der Waals surface area contributed by atoms with Crippen LogP contribution in [0.15, 0.2) is 24.3 Å². The first kappa shape index (κ1) is 12.4. The number of halogens is 1. The molecule has 0 aliphatic rings. The van der Waals surface area contributed by atoms with Crippen molar-refractivity contribution in [2.75, 3.05) is 32.5 Å². The van der Waals surface area contributed by atoms with Gasteiger partial charge in [-0.1, -0.05) is 12.1 Å². The fraction of sp³-hybridized carbons (Fsp3) is 0.364. The third kappa shape index (κ3) is 3.51. The van der Waals surface area contributed by atoms with Gasteiger partial charge in [0.05, 0.1) is 5.69 Å². The van der Waals surface area contributed by atoms with Crippen molar-refractivity contribution in [1.29, 1.82) is 0 Å². The van der Waals surface area contributed by atoms with Gasteiger partial charge in [0.25, 0.3) is 0 Å². The lowest BCUT2D eigenvalue weighted by molar-refractivity contribution is 0.222. The fourth-order valence-corrected chi connectivity index (χ4v) is 1.15. The Balaban J connectivity index is 2.54. The molecule has 0 atom stereocenters. The molecule has 1 rings (SSSR count). The van der Waals surface area contributed by atoms with Crippen molar-refractivity contribution in [3.05, 3.63) is 30.1 Å². The SMILES string of the molecule is CNCCN(C)C(=O)Nc1ccccc1F. The summed E-state index contributed by atoms with van der Waals surface area (Å²) in [7, 11) is 3.47. The maximum absolute atomic E-state index is 13.2. The molecule has 16 heavy (non-hydrogen) atoms. The molecule has 5 heteroatoms. The molecule has 0 aliphatic carbocycles. The summed E-state index contributed by atoms with van der Waals surface area (Å²) in [6, 6.07) is 5.77. The molecule has 4 nitrogen and oxygen atoms in total. The normalized spacial score (nSPS) is 9.94. The van der Waals surface area contributed by atoms with Crippen LogP contribution in [0.25, 0.3) is 0 Å². The molecular weight excluding hydrogens is 209 g/mol. The van der Waals surface area contributed by atoms with E-state index in [-0.39, 0.29) is 11.7 Å². The average molecular weight is 225 g/mol. The molecule has 0 saturated heterocycles. The molecule has 0 unspecified atom stereocenters. The van der Waals surface area contributed by atoms with E-state index in [1.54, 1.807) is 19.2 Å². The third-order valence-electron chi connectivity index (χ3n) is 2.16. The Bertz CT molecular complexity index is 357. The monoisotopic (exact) mass is 225 g/mol. The van der Waals surface area contributed by atoms with E-state index < -0.39 is 5.82 Å². The Labute approximate surface area is 94.4 Å². The lowest BCUT2D eigenvalue weighted by atomic mass is 10.3. The van der Waals surface area contributed by atoms with Crippen LogP contribution < -0.4 is 10.6 Å². The second-order valence-electron chi connectivity index (χ2n) is 3.44. The quantitative estimate of drug-likeness (QED) is 0.815. The Morgan fingerprint density at radius 2 is 2.12 bits per heavy atom. The highest BCUT2D eigenvalue weighted by Gasteiger charge is 2.09. The van der Waals surface area contributed by atoms with Gasteiger partial charge < -0.3 is 15.5 Å². The van der Waals surface area contributed by atoms with Gasteiger partial charge in [-0.15, -0.1) is 0 Å². The van der Waals surface area contributed by atoms with Crippen molar-refractivity contribution < 1.29 is 9.18 Å². The molecule has 0 saturated carbocycles. The van der Waals surface area contributed by atoms with Crippen molar-refractivity contribution in [2.24, 2.45) is 0 Å². The first-order valence-electron chi connectivity index (χ1n) is 5.06. The molecule has 2 N–H and O–H groups in total. The summed E-state index contributed by atoms with van der Waals surface area (Å²) in [5.41, 5.74) is 0.198. The van der Waals surface area contributed by atoms with Crippen molar-refractivity contribution in [1.82, 2.24) is 10.2 Å². The number of rotatable bonds is 4. The number of benzene rings is 1. The summed E-state index contributed by atoms with van der Waals surface area (Å²) in [6.07, 6.45) is 0. The van der Waals surface area contributed by atoms with Crippen molar-refractivity contribution in [3.63, 3.8) is 0 Å². The topological polar surface area (TPSA) is 44.4 Å². The number of anilines is 1. The Morgan fingerprint density at radius 1 is 1.44 bits per heavy atom. The van der Waals surface area contributed by atoms with Crippen LogP contribution in [-0.2, 0) is 0 Å². The molecule has 0 aromatic heterocycles. The number of hydrogen-bond acceptors (Lipinski definition) is 2. The zero-order chi connectivity index (χ0) is 12.0. The lowest BCUT2D eigenvalue weighted by Gasteiger charge is -2.17. The maximum atomic E-state index is 13.2. The number of nitrogens with one attached hydrogen (secondary N) is 2. The van der Waals surface area contributed by atoms with Crippen LogP contribution in [0.1, 0.15) is 0 Å². The number of para-hydroxylation sites is 1. The number of carbonyl (C=O) groups excluding carboxylic acids is 1. The van der Waals surface area contributed by atoms with Crippen LogP contribution in [0.2, 0.25) is 0 Å². The van der Waals surface area contributed by atoms with Crippen molar-refractivity contribution in [2.45, 2.75) is 0 Å². The average Bonchev–Trinajstić information content (AvgIpc) is 2.28. The highest BCUT2D eigenvalue weighted by Crippen LogP contribution is 2.12. The van der Waals surface area contributed by atoms with Crippen LogP contribution >= 0.6 is 0 Å². The summed E-state index contributed by atoms with van der Waals surface area (Å²) in [5.74, 6) is -0.433. The third-order valence-corrected chi connectivity index (χ3v) is 2.16. The summed E-state index contributed by atoms with van der Waals surface area (Å²) in [6.45, 7) is 1.26. The molecular formula is C11H16FN3O. The number of hydrogen-bond donors (Lipinski definition) is 2. The Morgan fingerprint density at radius 3 is 2.75 bits per heavy atom. The number of amides is 2. The first-order valence-corrected chi connectivity index (χ1v) is 5.06. The second kappa shape index (κ2) is 6.07. The van der Waals surface area contributed by atoms with E-state index in [4.69, 9.17) is 0 Å². The van der Waals surface area contributed by atoms with Gasteiger partial charge in [-0.25, -0.2) is 9.18 Å². The van der Waals surface area contributed by atoms with E-state index in [0.717, 1.165) is 0 Å². The molecule has 88 valence electrons. The predicted octanol–water partition coefficient (Wildman–Crippen LogP) is 1.51. The number of likely N-dealkylation sites (N-methyl/N-ethyl adjacent to an activating group) is 2. The maximum Gasteiger partial charge on any atom is 0.321 e. The molecule has 0 bridgehead atoms. The highest BCUT2D eigenvalue weighted by atomic mass is 19.1. The predicted molar refractivity (Wildman–Crippen MR) is 62.0 cm³/mol. The summed E-state index contributed by atoms with van der Waals surface area (Å²) in [4.78, 5) is 13.1. The minimum atomic E-state index is -0.433. The summed E-state index contributed by atoms with van der Waals surface area (Å²) >= 11 is 0. The van der Waals surface area contributed by atoms with Crippen LogP contribution in [0, 0.1) is 5.82 Å². The minimum Gasteiger partial charge on any atom is -0.326 e. The van der Waals surface area contributed by atoms with E-state index >= 15 is 0 Å². The van der Waals surface area contributed by atoms with Gasteiger partial charge in [0.1, 0.15) is 5.82 Å². The van der Waals surface area contributed by atoms with Gasteiger partial charge in [-0.2, -0.15) is 0 Å². The molecule has 0 aliphatic heterocycles. The van der Waals surface area contributed by atoms with E-state index in [2.05, 4.69) is 10.6 Å². The number of carbonyl (C=O) groups is 1. The smallest absolute Gasteiger partial charge is 0.321 e. The van der Waals surface area contributed by atoms with E-state index in [1.165, 1.54) is 17.0 Å². The zero-order valence-electron chi connectivity index (χ0n) is 9.46. The van der Waals surface area contributed by atoms with Crippen LogP contribution in [-0.4, -0.2) is 38.1 Å². The highest BCUT2D eigenvalue weighted by molar-refractivity contribution is 5.89. The van der Waals surface area contributed by atoms with E-state index in [9.17, 15) is 9.18 Å². The lowest BCUT2D eigenvalue weighted by Crippen LogP contribution is -2.36. The van der Waals surface area contributed by atoms with Crippen LogP contribution in [0.5, 0.6) is 0 Å². The second-order valence-corrected chi connectivity index (χ2v) is 3.44. The zero-order valence-corrected chi connectivity index (χ0v) is 9.46. The minimum absolute atomic E-state index is 0.198. The van der Waals surface area contributed by atoms with Crippen LogP contribution in [0.3, 0.4) is 0 Å². The number of nitrogens with zero attached hydrogens (tertiary/aromatic N) is 1. The molecule has 0 radical (unpaired) electrons. The van der Waals surface area contributed by atoms with Gasteiger partial charge in [-0.05, 0) is 19.2 Å². The standard InChI is InChI=1S/C11H16FN3O/c1-13-7-8-15(2)11(16)14-10-6-4-3-5-9(10)12/h3-6,13H,7-8H2,1-2H3,(H,14,16). The first-order chi connectivity index (χ1) is 7.65. The van der Waals surface area contributed by atoms with Gasteiger partial charge >= 0.3 is 6.03 Å². The summed E-state index contributed by atoms with van der Waals surface area (Å²) < 4.78 is 13.2. The molecule has 2 amide bonds. The van der Waals surface area contributed by atoms with Crippen molar-refractivity contribution in [3.8, 4) is 0 Å². The molecule has 0 heterocycles. The Kier molecular flexibility index (Phi) is 4.72. The van der Waals surface area contributed by atoms with Gasteiger partial charge in [0.2, 0.25) is 0 Å². The Hall–Kier alpha value is -1.62.